The van der Waals surface area contributed by atoms with E-state index in [2.05, 4.69) is 10.3 Å². The van der Waals surface area contributed by atoms with E-state index < -0.39 is 0 Å². The molecule has 1 fully saturated rings. The zero-order valence-electron chi connectivity index (χ0n) is 10.9. The molecule has 0 spiro atoms. The van der Waals surface area contributed by atoms with Crippen LogP contribution in [0.4, 0.5) is 0 Å². The topological polar surface area (TPSA) is 46.9 Å². The summed E-state index contributed by atoms with van der Waals surface area (Å²) in [5.74, 6) is 1.17. The fraction of sp³-hybridized carbons (Fsp3) is 0.429. The molecule has 20 heavy (non-hydrogen) atoms. The van der Waals surface area contributed by atoms with Gasteiger partial charge in [-0.05, 0) is 31.0 Å². The summed E-state index contributed by atoms with van der Waals surface area (Å²) in [6, 6.07) is 5.95. The number of carbonyl (C=O) groups is 1. The Morgan fingerprint density at radius 2 is 2.25 bits per heavy atom. The lowest BCUT2D eigenvalue weighted by molar-refractivity contribution is -0.121. The van der Waals surface area contributed by atoms with Crippen molar-refractivity contribution in [2.45, 2.75) is 37.7 Å². The first-order valence-corrected chi connectivity index (χ1v) is 7.58. The minimum atomic E-state index is 0.0869. The van der Waals surface area contributed by atoms with Crippen molar-refractivity contribution >= 4 is 40.1 Å². The van der Waals surface area contributed by atoms with Crippen LogP contribution < -0.4 is 5.32 Å². The molecule has 2 aromatic rings. The quantitative estimate of drug-likeness (QED) is 0.862. The Bertz CT molecular complexity index is 649. The van der Waals surface area contributed by atoms with Gasteiger partial charge in [-0.3, -0.25) is 4.79 Å². The summed E-state index contributed by atoms with van der Waals surface area (Å²) in [5.41, 5.74) is 1.78. The van der Waals surface area contributed by atoms with E-state index in [0.29, 0.717) is 29.9 Å². The first-order chi connectivity index (χ1) is 9.67. The number of nitrogens with one attached hydrogen (secondary N) is 1. The van der Waals surface area contributed by atoms with Gasteiger partial charge in [-0.2, -0.15) is 0 Å². The normalized spacial score (nSPS) is 14.7. The predicted octanol–water partition coefficient (Wildman–Crippen LogP) is 3.10. The summed E-state index contributed by atoms with van der Waals surface area (Å²) >= 11 is 11.9. The molecule has 1 heterocycles. The summed E-state index contributed by atoms with van der Waals surface area (Å²) in [5, 5.41) is 3.63. The number of imidazole rings is 1. The maximum absolute atomic E-state index is 11.8. The van der Waals surface area contributed by atoms with Crippen LogP contribution in [0.25, 0.3) is 11.0 Å². The molecule has 3 rings (SSSR count). The number of aryl methyl sites for hydroxylation is 1. The largest absolute Gasteiger partial charge is 0.353 e. The van der Waals surface area contributed by atoms with Gasteiger partial charge in [-0.25, -0.2) is 4.98 Å². The second-order valence-corrected chi connectivity index (χ2v) is 5.74. The van der Waals surface area contributed by atoms with Gasteiger partial charge < -0.3 is 9.88 Å². The Balaban J connectivity index is 1.79. The van der Waals surface area contributed by atoms with Gasteiger partial charge in [0.1, 0.15) is 5.82 Å². The Morgan fingerprint density at radius 3 is 2.95 bits per heavy atom. The van der Waals surface area contributed by atoms with E-state index in [1.807, 2.05) is 22.8 Å². The Hall–Kier alpha value is -1.26. The van der Waals surface area contributed by atoms with E-state index in [-0.39, 0.29) is 5.91 Å². The number of aromatic nitrogens is 2. The van der Waals surface area contributed by atoms with E-state index in [9.17, 15) is 4.79 Å². The zero-order chi connectivity index (χ0) is 14.1. The maximum atomic E-state index is 11.8. The van der Waals surface area contributed by atoms with Crippen molar-refractivity contribution < 1.29 is 4.79 Å². The highest BCUT2D eigenvalue weighted by Gasteiger charge is 2.23. The molecule has 0 radical (unpaired) electrons. The molecule has 1 saturated carbocycles. The number of alkyl halides is 1. The third-order valence-corrected chi connectivity index (χ3v) is 3.89. The summed E-state index contributed by atoms with van der Waals surface area (Å²) in [7, 11) is 0. The highest BCUT2D eigenvalue weighted by molar-refractivity contribution is 6.31. The molecular weight excluding hydrogens is 297 g/mol. The SMILES string of the molecule is O=C(CCn1c(CCl)nc2cc(Cl)ccc21)NC1CC1. The van der Waals surface area contributed by atoms with Crippen LogP contribution in [0.2, 0.25) is 5.02 Å². The highest BCUT2D eigenvalue weighted by atomic mass is 35.5. The van der Waals surface area contributed by atoms with E-state index >= 15 is 0 Å². The van der Waals surface area contributed by atoms with Crippen LogP contribution in [0.15, 0.2) is 18.2 Å². The average molecular weight is 312 g/mol. The van der Waals surface area contributed by atoms with E-state index in [1.165, 1.54) is 0 Å². The molecule has 1 aromatic heterocycles. The van der Waals surface area contributed by atoms with Crippen LogP contribution in [0.3, 0.4) is 0 Å². The van der Waals surface area contributed by atoms with Crippen molar-refractivity contribution in [2.75, 3.05) is 0 Å². The molecule has 1 aliphatic rings. The first-order valence-electron chi connectivity index (χ1n) is 6.67. The molecule has 0 bridgehead atoms. The molecule has 6 heteroatoms. The fourth-order valence-electron chi connectivity index (χ4n) is 2.25. The van der Waals surface area contributed by atoms with Crippen LogP contribution >= 0.6 is 23.2 Å². The van der Waals surface area contributed by atoms with Crippen LogP contribution in [0, 0.1) is 0 Å². The Labute approximate surface area is 127 Å². The number of fused-ring (bicyclic) bond motifs is 1. The summed E-state index contributed by atoms with van der Waals surface area (Å²) < 4.78 is 1.99. The molecule has 1 aliphatic carbocycles. The molecule has 4 nitrogen and oxygen atoms in total. The second kappa shape index (κ2) is 5.62. The standard InChI is InChI=1S/C14H15Cl2N3O/c15-8-13-18-11-7-9(16)1-4-12(11)19(13)6-5-14(20)17-10-2-3-10/h1,4,7,10H,2-3,5-6,8H2,(H,17,20). The number of hydrogen-bond acceptors (Lipinski definition) is 2. The number of carbonyl (C=O) groups excluding carboxylic acids is 1. The third kappa shape index (κ3) is 2.91. The molecule has 0 aliphatic heterocycles. The molecule has 0 atom stereocenters. The number of halogens is 2. The number of rotatable bonds is 5. The molecule has 106 valence electrons. The van der Waals surface area contributed by atoms with Crippen LogP contribution in [0.1, 0.15) is 25.1 Å². The Kier molecular flexibility index (Phi) is 3.85. The molecular formula is C14H15Cl2N3O. The molecule has 1 N–H and O–H groups in total. The van der Waals surface area contributed by atoms with Gasteiger partial charge in [-0.15, -0.1) is 11.6 Å². The minimum absolute atomic E-state index is 0.0869. The van der Waals surface area contributed by atoms with Crippen molar-refractivity contribution in [1.82, 2.24) is 14.9 Å². The van der Waals surface area contributed by atoms with Crippen molar-refractivity contribution in [3.8, 4) is 0 Å². The highest BCUT2D eigenvalue weighted by Crippen LogP contribution is 2.22. The molecule has 0 unspecified atom stereocenters. The monoisotopic (exact) mass is 311 g/mol. The molecule has 0 saturated heterocycles. The smallest absolute Gasteiger partial charge is 0.222 e. The third-order valence-electron chi connectivity index (χ3n) is 3.41. The van der Waals surface area contributed by atoms with Gasteiger partial charge in [0.25, 0.3) is 0 Å². The number of benzene rings is 1. The average Bonchev–Trinajstić information content (AvgIpc) is 3.16. The Morgan fingerprint density at radius 1 is 1.45 bits per heavy atom. The summed E-state index contributed by atoms with van der Waals surface area (Å²) in [6.45, 7) is 0.582. The lowest BCUT2D eigenvalue weighted by Gasteiger charge is -2.08. The van der Waals surface area contributed by atoms with Crippen LogP contribution in [-0.2, 0) is 17.2 Å². The lowest BCUT2D eigenvalue weighted by atomic mass is 10.3. The van der Waals surface area contributed by atoms with Gasteiger partial charge in [-0.1, -0.05) is 11.6 Å². The van der Waals surface area contributed by atoms with Gasteiger partial charge in [0.15, 0.2) is 0 Å². The first kappa shape index (κ1) is 13.7. The zero-order valence-corrected chi connectivity index (χ0v) is 12.4. The number of hydrogen-bond donors (Lipinski definition) is 1. The van der Waals surface area contributed by atoms with E-state index in [4.69, 9.17) is 23.2 Å². The fourth-order valence-corrected chi connectivity index (χ4v) is 2.62. The van der Waals surface area contributed by atoms with Gasteiger partial charge in [0.05, 0.1) is 16.9 Å². The van der Waals surface area contributed by atoms with E-state index in [0.717, 1.165) is 29.7 Å². The lowest BCUT2D eigenvalue weighted by Crippen LogP contribution is -2.26. The predicted molar refractivity (Wildman–Crippen MR) is 80.1 cm³/mol. The molecule has 1 aromatic carbocycles. The van der Waals surface area contributed by atoms with Gasteiger partial charge in [0.2, 0.25) is 5.91 Å². The molecule has 1 amide bonds. The van der Waals surface area contributed by atoms with Crippen molar-refractivity contribution in [3.05, 3.63) is 29.0 Å². The van der Waals surface area contributed by atoms with Crippen LogP contribution in [-0.4, -0.2) is 21.5 Å². The number of amides is 1. The van der Waals surface area contributed by atoms with Gasteiger partial charge in [0, 0.05) is 24.0 Å². The maximum Gasteiger partial charge on any atom is 0.222 e. The van der Waals surface area contributed by atoms with Crippen LogP contribution in [0.5, 0.6) is 0 Å². The van der Waals surface area contributed by atoms with Gasteiger partial charge >= 0.3 is 0 Å². The van der Waals surface area contributed by atoms with Crippen molar-refractivity contribution in [1.29, 1.82) is 0 Å². The van der Waals surface area contributed by atoms with E-state index in [1.54, 1.807) is 0 Å². The summed E-state index contributed by atoms with van der Waals surface area (Å²) in [6.07, 6.45) is 2.64. The van der Waals surface area contributed by atoms with Crippen molar-refractivity contribution in [3.63, 3.8) is 0 Å². The second-order valence-electron chi connectivity index (χ2n) is 5.04. The minimum Gasteiger partial charge on any atom is -0.353 e. The number of nitrogens with zero attached hydrogens (tertiary/aromatic N) is 2. The van der Waals surface area contributed by atoms with Crippen molar-refractivity contribution in [2.24, 2.45) is 0 Å². The summed E-state index contributed by atoms with van der Waals surface area (Å²) in [4.78, 5) is 16.2.